The van der Waals surface area contributed by atoms with E-state index in [0.717, 1.165) is 22.7 Å². The zero-order chi connectivity index (χ0) is 20.4. The van der Waals surface area contributed by atoms with Gasteiger partial charge in [0, 0.05) is 6.54 Å². The molecule has 0 saturated heterocycles. The van der Waals surface area contributed by atoms with Crippen LogP contribution in [0, 0.1) is 13.8 Å². The van der Waals surface area contributed by atoms with Gasteiger partial charge in [-0.2, -0.15) is 0 Å². The highest BCUT2D eigenvalue weighted by atomic mass is 32.2. The lowest BCUT2D eigenvalue weighted by molar-refractivity contribution is -0.121. The van der Waals surface area contributed by atoms with Gasteiger partial charge in [0.2, 0.25) is 11.1 Å². The summed E-state index contributed by atoms with van der Waals surface area (Å²) in [5.74, 6) is 1.51. The lowest BCUT2D eigenvalue weighted by Crippen LogP contribution is -2.44. The number of aryl methyl sites for hydroxylation is 2. The second-order valence-electron chi connectivity index (χ2n) is 6.99. The van der Waals surface area contributed by atoms with Crippen LogP contribution in [-0.4, -0.2) is 33.1 Å². The van der Waals surface area contributed by atoms with E-state index in [2.05, 4.69) is 45.2 Å². The van der Waals surface area contributed by atoms with Crippen LogP contribution in [0.1, 0.15) is 28.6 Å². The number of aromatic nitrogens is 3. The first-order valence-corrected chi connectivity index (χ1v) is 10.3. The van der Waals surface area contributed by atoms with Crippen LogP contribution in [0.5, 0.6) is 5.75 Å². The van der Waals surface area contributed by atoms with E-state index in [1.807, 2.05) is 42.8 Å². The molecule has 1 amide bonds. The molecule has 7 nitrogen and oxygen atoms in total. The molecule has 4 rings (SSSR count). The summed E-state index contributed by atoms with van der Waals surface area (Å²) in [5, 5.41) is 11.7. The van der Waals surface area contributed by atoms with E-state index in [1.54, 1.807) is 7.11 Å². The SMILES string of the molecule is COc1ccc(CNC(=O)[C@@H]2Sc3nnc(C)n3N[C@H]2c2ccc(C)cc2)cc1. The molecule has 0 radical (unpaired) electrons. The highest BCUT2D eigenvalue weighted by molar-refractivity contribution is 8.00. The quantitative estimate of drug-likeness (QED) is 0.674. The third-order valence-electron chi connectivity index (χ3n) is 4.92. The molecule has 2 heterocycles. The molecule has 29 heavy (non-hydrogen) atoms. The van der Waals surface area contributed by atoms with E-state index >= 15 is 0 Å². The number of thioether (sulfide) groups is 1. The zero-order valence-corrected chi connectivity index (χ0v) is 17.4. The standard InChI is InChI=1S/C21H23N5O2S/c1-13-4-8-16(9-5-13)18-19(29-21-24-23-14(2)26(21)25-18)20(27)22-12-15-6-10-17(28-3)11-7-15/h4-11,18-19,25H,12H2,1-3H3,(H,22,27)/t18-,19+/m0/s1. The van der Waals surface area contributed by atoms with E-state index in [-0.39, 0.29) is 17.2 Å². The van der Waals surface area contributed by atoms with Gasteiger partial charge in [-0.3, -0.25) is 4.79 Å². The number of carbonyl (C=O) groups is 1. The second-order valence-corrected chi connectivity index (χ2v) is 8.10. The van der Waals surface area contributed by atoms with Crippen molar-refractivity contribution in [3.63, 3.8) is 0 Å². The Labute approximate surface area is 173 Å². The van der Waals surface area contributed by atoms with Crippen molar-refractivity contribution in [3.05, 3.63) is 71.0 Å². The number of methoxy groups -OCH3 is 1. The molecule has 0 unspecified atom stereocenters. The fourth-order valence-electron chi connectivity index (χ4n) is 3.22. The minimum absolute atomic E-state index is 0.0456. The van der Waals surface area contributed by atoms with Gasteiger partial charge in [0.15, 0.2) is 0 Å². The number of amides is 1. The van der Waals surface area contributed by atoms with Crippen LogP contribution >= 0.6 is 11.8 Å². The van der Waals surface area contributed by atoms with Gasteiger partial charge >= 0.3 is 0 Å². The Bertz CT molecular complexity index is 1000. The van der Waals surface area contributed by atoms with Crippen LogP contribution in [0.2, 0.25) is 0 Å². The summed E-state index contributed by atoms with van der Waals surface area (Å²) in [6.45, 7) is 4.39. The van der Waals surface area contributed by atoms with Crippen LogP contribution < -0.4 is 15.5 Å². The summed E-state index contributed by atoms with van der Waals surface area (Å²) in [7, 11) is 1.63. The van der Waals surface area contributed by atoms with Crippen LogP contribution in [0.4, 0.5) is 0 Å². The van der Waals surface area contributed by atoms with Crippen molar-refractivity contribution in [2.24, 2.45) is 0 Å². The summed E-state index contributed by atoms with van der Waals surface area (Å²) in [6, 6.07) is 15.7. The summed E-state index contributed by atoms with van der Waals surface area (Å²) in [4.78, 5) is 13.1. The molecule has 2 aromatic carbocycles. The molecule has 1 aromatic heterocycles. The van der Waals surface area contributed by atoms with Gasteiger partial charge in [0.1, 0.15) is 16.8 Å². The van der Waals surface area contributed by atoms with Crippen molar-refractivity contribution < 1.29 is 9.53 Å². The maximum absolute atomic E-state index is 13.1. The normalized spacial score (nSPS) is 17.9. The molecule has 1 aliphatic heterocycles. The predicted octanol–water partition coefficient (Wildman–Crippen LogP) is 2.98. The van der Waals surface area contributed by atoms with Gasteiger partial charge in [-0.05, 0) is 37.1 Å². The number of benzene rings is 2. The van der Waals surface area contributed by atoms with Crippen molar-refractivity contribution in [2.75, 3.05) is 12.5 Å². The van der Waals surface area contributed by atoms with Gasteiger partial charge in [0.25, 0.3) is 0 Å². The average Bonchev–Trinajstić information content (AvgIpc) is 3.12. The Balaban J connectivity index is 1.54. The average molecular weight is 410 g/mol. The lowest BCUT2D eigenvalue weighted by Gasteiger charge is -2.32. The number of nitrogens with zero attached hydrogens (tertiary/aromatic N) is 3. The van der Waals surface area contributed by atoms with Crippen molar-refractivity contribution in [1.82, 2.24) is 20.2 Å². The molecule has 1 aliphatic rings. The largest absolute Gasteiger partial charge is 0.497 e. The zero-order valence-electron chi connectivity index (χ0n) is 16.5. The minimum atomic E-state index is -0.368. The minimum Gasteiger partial charge on any atom is -0.497 e. The highest BCUT2D eigenvalue weighted by Gasteiger charge is 2.37. The van der Waals surface area contributed by atoms with Crippen LogP contribution in [-0.2, 0) is 11.3 Å². The maximum Gasteiger partial charge on any atom is 0.236 e. The first-order valence-electron chi connectivity index (χ1n) is 9.37. The molecule has 8 heteroatoms. The monoisotopic (exact) mass is 409 g/mol. The van der Waals surface area contributed by atoms with Gasteiger partial charge < -0.3 is 15.5 Å². The first kappa shape index (κ1) is 19.3. The lowest BCUT2D eigenvalue weighted by atomic mass is 10.0. The predicted molar refractivity (Wildman–Crippen MR) is 113 cm³/mol. The number of carbonyl (C=O) groups excluding carboxylic acids is 1. The van der Waals surface area contributed by atoms with Gasteiger partial charge in [-0.15, -0.1) is 10.2 Å². The molecular formula is C21H23N5O2S. The number of ether oxygens (including phenoxy) is 1. The number of hydrogen-bond donors (Lipinski definition) is 2. The Morgan fingerprint density at radius 2 is 1.86 bits per heavy atom. The molecule has 2 atom stereocenters. The molecular weight excluding hydrogens is 386 g/mol. The molecule has 2 N–H and O–H groups in total. The number of fused-ring (bicyclic) bond motifs is 1. The smallest absolute Gasteiger partial charge is 0.236 e. The Kier molecular flexibility index (Phi) is 5.44. The van der Waals surface area contributed by atoms with E-state index < -0.39 is 0 Å². The number of rotatable bonds is 5. The van der Waals surface area contributed by atoms with Crippen LogP contribution in [0.3, 0.4) is 0 Å². The summed E-state index contributed by atoms with van der Waals surface area (Å²) >= 11 is 1.43. The second kappa shape index (κ2) is 8.16. The van der Waals surface area contributed by atoms with E-state index in [0.29, 0.717) is 11.7 Å². The fourth-order valence-corrected chi connectivity index (χ4v) is 4.37. The molecule has 0 fully saturated rings. The molecule has 0 saturated carbocycles. The van der Waals surface area contributed by atoms with Crippen molar-refractivity contribution in [3.8, 4) is 5.75 Å². The highest BCUT2D eigenvalue weighted by Crippen LogP contribution is 2.37. The van der Waals surface area contributed by atoms with Crippen LogP contribution in [0.25, 0.3) is 0 Å². The summed E-state index contributed by atoms with van der Waals surface area (Å²) in [6.07, 6.45) is 0. The summed E-state index contributed by atoms with van der Waals surface area (Å²) < 4.78 is 7.03. The van der Waals surface area contributed by atoms with Crippen molar-refractivity contribution in [1.29, 1.82) is 0 Å². The topological polar surface area (TPSA) is 81.1 Å². The third kappa shape index (κ3) is 4.07. The van der Waals surface area contributed by atoms with Gasteiger partial charge in [-0.25, -0.2) is 4.68 Å². The Morgan fingerprint density at radius 3 is 2.55 bits per heavy atom. The molecule has 0 aliphatic carbocycles. The molecule has 3 aromatic rings. The van der Waals surface area contributed by atoms with E-state index in [9.17, 15) is 4.79 Å². The van der Waals surface area contributed by atoms with E-state index in [4.69, 9.17) is 4.74 Å². The summed E-state index contributed by atoms with van der Waals surface area (Å²) in [5.41, 5.74) is 6.66. The maximum atomic E-state index is 13.1. The molecule has 0 spiro atoms. The number of hydrogen-bond acceptors (Lipinski definition) is 6. The molecule has 150 valence electrons. The third-order valence-corrected chi connectivity index (χ3v) is 6.13. The Hall–Kier alpha value is -3.00. The number of nitrogens with one attached hydrogen (secondary N) is 2. The van der Waals surface area contributed by atoms with Crippen LogP contribution in [0.15, 0.2) is 53.7 Å². The fraction of sp³-hybridized carbons (Fsp3) is 0.286. The van der Waals surface area contributed by atoms with Gasteiger partial charge in [-0.1, -0.05) is 53.7 Å². The van der Waals surface area contributed by atoms with Crippen molar-refractivity contribution in [2.45, 2.75) is 36.8 Å². The van der Waals surface area contributed by atoms with Gasteiger partial charge in [0.05, 0.1) is 13.2 Å². The first-order chi connectivity index (χ1) is 14.0. The van der Waals surface area contributed by atoms with E-state index in [1.165, 1.54) is 17.3 Å². The van der Waals surface area contributed by atoms with Crippen molar-refractivity contribution >= 4 is 17.7 Å². The Morgan fingerprint density at radius 1 is 1.14 bits per heavy atom. The molecule has 0 bridgehead atoms.